The molecule has 0 aliphatic rings. The molecule has 3 aromatic rings. The highest BCUT2D eigenvalue weighted by Gasteiger charge is 2.22. The van der Waals surface area contributed by atoms with Crippen LogP contribution in [0.1, 0.15) is 47.6 Å². The van der Waals surface area contributed by atoms with Crippen molar-refractivity contribution >= 4 is 23.4 Å². The minimum atomic E-state index is -0.702. The SMILES string of the molecule is Cc1ccc(CNC(=O)NC(CC(C)C)C(=O)Nc2ccc(C(=O)c3nccn3C)cc2)cc1. The fourth-order valence-corrected chi connectivity index (χ4v) is 3.45. The highest BCUT2D eigenvalue weighted by atomic mass is 16.2. The number of aromatic nitrogens is 2. The van der Waals surface area contributed by atoms with Gasteiger partial charge < -0.3 is 20.5 Å². The zero-order chi connectivity index (χ0) is 24.7. The summed E-state index contributed by atoms with van der Waals surface area (Å²) >= 11 is 0. The number of imidazole rings is 1. The molecule has 1 heterocycles. The molecule has 0 fully saturated rings. The molecule has 2 aromatic carbocycles. The molecule has 0 aliphatic carbocycles. The van der Waals surface area contributed by atoms with Crippen molar-refractivity contribution in [3.05, 3.63) is 83.4 Å². The van der Waals surface area contributed by atoms with E-state index >= 15 is 0 Å². The molecule has 0 saturated heterocycles. The molecular weight excluding hydrogens is 430 g/mol. The molecule has 1 aromatic heterocycles. The minimum Gasteiger partial charge on any atom is -0.334 e. The first-order chi connectivity index (χ1) is 16.2. The summed E-state index contributed by atoms with van der Waals surface area (Å²) < 4.78 is 1.66. The number of ketones is 1. The molecule has 8 nitrogen and oxygen atoms in total. The van der Waals surface area contributed by atoms with Gasteiger partial charge in [-0.25, -0.2) is 9.78 Å². The maximum absolute atomic E-state index is 12.9. The lowest BCUT2D eigenvalue weighted by Crippen LogP contribution is -2.48. The lowest BCUT2D eigenvalue weighted by atomic mass is 10.0. The predicted octanol–water partition coefficient (Wildman–Crippen LogP) is 3.81. The summed E-state index contributed by atoms with van der Waals surface area (Å²) in [6, 6.07) is 13.4. The smallest absolute Gasteiger partial charge is 0.315 e. The lowest BCUT2D eigenvalue weighted by Gasteiger charge is -2.20. The van der Waals surface area contributed by atoms with Gasteiger partial charge in [0.05, 0.1) is 0 Å². The van der Waals surface area contributed by atoms with Gasteiger partial charge in [0.1, 0.15) is 6.04 Å². The van der Waals surface area contributed by atoms with Crippen LogP contribution in [0.3, 0.4) is 0 Å². The van der Waals surface area contributed by atoms with Crippen LogP contribution < -0.4 is 16.0 Å². The van der Waals surface area contributed by atoms with E-state index in [0.717, 1.165) is 11.1 Å². The fourth-order valence-electron chi connectivity index (χ4n) is 3.45. The van der Waals surface area contributed by atoms with Crippen molar-refractivity contribution in [3.63, 3.8) is 0 Å². The maximum Gasteiger partial charge on any atom is 0.315 e. The number of aryl methyl sites for hydroxylation is 2. The zero-order valence-electron chi connectivity index (χ0n) is 20.0. The summed E-state index contributed by atoms with van der Waals surface area (Å²) in [7, 11) is 1.76. The molecule has 1 atom stereocenters. The molecular formula is C26H31N5O3. The Bertz CT molecular complexity index is 1130. The third-order valence-electron chi connectivity index (χ3n) is 5.34. The Balaban J connectivity index is 1.59. The number of amides is 3. The number of carbonyl (C=O) groups excluding carboxylic acids is 3. The standard InChI is InChI=1S/C26H31N5O3/c1-17(2)15-22(30-26(34)28-16-19-7-5-18(3)6-8-19)25(33)29-21-11-9-20(10-12-21)23(32)24-27-13-14-31(24)4/h5-14,17,22H,15-16H2,1-4H3,(H,29,33)(H2,28,30,34). The van der Waals surface area contributed by atoms with E-state index < -0.39 is 12.1 Å². The topological polar surface area (TPSA) is 105 Å². The van der Waals surface area contributed by atoms with Gasteiger partial charge in [-0.15, -0.1) is 0 Å². The minimum absolute atomic E-state index is 0.199. The summed E-state index contributed by atoms with van der Waals surface area (Å²) in [6.45, 7) is 6.35. The normalized spacial score (nSPS) is 11.7. The molecule has 178 valence electrons. The first kappa shape index (κ1) is 24.7. The average Bonchev–Trinajstić information content (AvgIpc) is 3.23. The number of hydrogen-bond donors (Lipinski definition) is 3. The van der Waals surface area contributed by atoms with Crippen LogP contribution in [-0.4, -0.2) is 33.3 Å². The van der Waals surface area contributed by atoms with Crippen molar-refractivity contribution in [2.45, 2.75) is 39.8 Å². The third-order valence-corrected chi connectivity index (χ3v) is 5.34. The van der Waals surface area contributed by atoms with E-state index in [-0.39, 0.29) is 17.6 Å². The van der Waals surface area contributed by atoms with Gasteiger partial charge in [-0.1, -0.05) is 43.7 Å². The van der Waals surface area contributed by atoms with Crippen molar-refractivity contribution in [2.75, 3.05) is 5.32 Å². The Morgan fingerprint density at radius 1 is 1.00 bits per heavy atom. The van der Waals surface area contributed by atoms with Crippen molar-refractivity contribution in [1.82, 2.24) is 20.2 Å². The molecule has 0 aliphatic heterocycles. The zero-order valence-corrected chi connectivity index (χ0v) is 20.0. The van der Waals surface area contributed by atoms with Crippen molar-refractivity contribution in [1.29, 1.82) is 0 Å². The molecule has 0 spiro atoms. The van der Waals surface area contributed by atoms with Crippen molar-refractivity contribution in [3.8, 4) is 0 Å². The molecule has 1 unspecified atom stereocenters. The fraction of sp³-hybridized carbons (Fsp3) is 0.308. The molecule has 3 N–H and O–H groups in total. The Kier molecular flexibility index (Phi) is 8.19. The number of carbonyl (C=O) groups is 3. The third kappa shape index (κ3) is 6.78. The average molecular weight is 462 g/mol. The quantitative estimate of drug-likeness (QED) is 0.421. The van der Waals surface area contributed by atoms with Crippen LogP contribution in [0.15, 0.2) is 60.9 Å². The summed E-state index contributed by atoms with van der Waals surface area (Å²) in [6.07, 6.45) is 3.76. The molecule has 0 bridgehead atoms. The number of nitrogens with one attached hydrogen (secondary N) is 3. The van der Waals surface area contributed by atoms with E-state index in [1.807, 2.05) is 45.0 Å². The Morgan fingerprint density at radius 3 is 2.26 bits per heavy atom. The molecule has 3 rings (SSSR count). The molecule has 8 heteroatoms. The van der Waals surface area contributed by atoms with Gasteiger partial charge in [0.2, 0.25) is 11.7 Å². The number of hydrogen-bond acceptors (Lipinski definition) is 4. The van der Waals surface area contributed by atoms with Gasteiger partial charge >= 0.3 is 6.03 Å². The first-order valence-electron chi connectivity index (χ1n) is 11.3. The van der Waals surface area contributed by atoms with Crippen LogP contribution in [0.25, 0.3) is 0 Å². The van der Waals surface area contributed by atoms with E-state index in [2.05, 4.69) is 20.9 Å². The monoisotopic (exact) mass is 461 g/mol. The van der Waals surface area contributed by atoms with Gasteiger partial charge in [-0.05, 0) is 49.1 Å². The number of anilines is 1. The van der Waals surface area contributed by atoms with Crippen molar-refractivity contribution in [2.24, 2.45) is 13.0 Å². The predicted molar refractivity (Wildman–Crippen MR) is 132 cm³/mol. The lowest BCUT2D eigenvalue weighted by molar-refractivity contribution is -0.118. The van der Waals surface area contributed by atoms with E-state index in [1.54, 1.807) is 48.3 Å². The van der Waals surface area contributed by atoms with E-state index in [0.29, 0.717) is 30.0 Å². The van der Waals surface area contributed by atoms with Crippen LogP contribution in [-0.2, 0) is 18.4 Å². The van der Waals surface area contributed by atoms with Crippen LogP contribution >= 0.6 is 0 Å². The molecule has 3 amide bonds. The summed E-state index contributed by atoms with van der Waals surface area (Å²) in [4.78, 5) is 42.0. The van der Waals surface area contributed by atoms with Gasteiger partial charge in [-0.3, -0.25) is 9.59 Å². The van der Waals surface area contributed by atoms with Gasteiger partial charge in [0.15, 0.2) is 5.82 Å². The number of urea groups is 1. The Hall–Kier alpha value is -3.94. The van der Waals surface area contributed by atoms with Crippen LogP contribution in [0.2, 0.25) is 0 Å². The van der Waals surface area contributed by atoms with E-state index in [4.69, 9.17) is 0 Å². The molecule has 0 radical (unpaired) electrons. The summed E-state index contributed by atoms with van der Waals surface area (Å²) in [5.41, 5.74) is 3.14. The Labute approximate surface area is 199 Å². The number of nitrogens with zero attached hydrogens (tertiary/aromatic N) is 2. The van der Waals surface area contributed by atoms with E-state index in [9.17, 15) is 14.4 Å². The summed E-state index contributed by atoms with van der Waals surface area (Å²) in [5, 5.41) is 8.41. The van der Waals surface area contributed by atoms with Gasteiger partial charge in [0.25, 0.3) is 0 Å². The second-order valence-electron chi connectivity index (χ2n) is 8.75. The molecule has 34 heavy (non-hydrogen) atoms. The molecule has 0 saturated carbocycles. The first-order valence-corrected chi connectivity index (χ1v) is 11.3. The maximum atomic E-state index is 12.9. The van der Waals surface area contributed by atoms with Crippen LogP contribution in [0.4, 0.5) is 10.5 Å². The van der Waals surface area contributed by atoms with Crippen LogP contribution in [0, 0.1) is 12.8 Å². The van der Waals surface area contributed by atoms with Crippen molar-refractivity contribution < 1.29 is 14.4 Å². The second-order valence-corrected chi connectivity index (χ2v) is 8.75. The Morgan fingerprint density at radius 2 is 1.68 bits per heavy atom. The summed E-state index contributed by atoms with van der Waals surface area (Å²) in [5.74, 6) is 0.0258. The second kappa shape index (κ2) is 11.3. The largest absolute Gasteiger partial charge is 0.334 e. The van der Waals surface area contributed by atoms with Crippen LogP contribution in [0.5, 0.6) is 0 Å². The highest BCUT2D eigenvalue weighted by Crippen LogP contribution is 2.15. The highest BCUT2D eigenvalue weighted by molar-refractivity contribution is 6.07. The number of rotatable bonds is 9. The van der Waals surface area contributed by atoms with Gasteiger partial charge in [-0.2, -0.15) is 0 Å². The van der Waals surface area contributed by atoms with E-state index in [1.165, 1.54) is 0 Å². The number of benzene rings is 2. The van der Waals surface area contributed by atoms with Gasteiger partial charge in [0, 0.05) is 37.2 Å².